The number of nitrogens with zero attached hydrogens (tertiary/aromatic N) is 2. The Balaban J connectivity index is 1.69. The number of carbonyl (C=O) groups excluding carboxylic acids is 2. The van der Waals surface area contributed by atoms with Crippen LogP contribution in [-0.4, -0.2) is 60.7 Å². The predicted molar refractivity (Wildman–Crippen MR) is 118 cm³/mol. The molecule has 1 amide bonds. The Morgan fingerprint density at radius 2 is 1.79 bits per heavy atom. The highest BCUT2D eigenvalue weighted by Crippen LogP contribution is 2.38. The molecule has 0 unspecified atom stereocenters. The van der Waals surface area contributed by atoms with E-state index >= 15 is 0 Å². The van der Waals surface area contributed by atoms with Gasteiger partial charge in [0.1, 0.15) is 0 Å². The van der Waals surface area contributed by atoms with Gasteiger partial charge >= 0.3 is 11.7 Å². The van der Waals surface area contributed by atoms with Crippen molar-refractivity contribution in [3.63, 3.8) is 0 Å². The summed E-state index contributed by atoms with van der Waals surface area (Å²) in [6, 6.07) is 8.17. The van der Waals surface area contributed by atoms with Crippen molar-refractivity contribution in [2.75, 3.05) is 26.8 Å². The number of morpholine rings is 1. The van der Waals surface area contributed by atoms with Crippen molar-refractivity contribution in [2.45, 2.75) is 26.1 Å². The zero-order chi connectivity index (χ0) is 24.1. The number of rotatable bonds is 7. The van der Waals surface area contributed by atoms with Crippen LogP contribution in [0.25, 0.3) is 0 Å². The number of hydrogen-bond acceptors (Lipinski definition) is 8. The molecule has 10 nitrogen and oxygen atoms in total. The summed E-state index contributed by atoms with van der Waals surface area (Å²) in [5.74, 6) is -0.785. The molecule has 2 aromatic rings. The van der Waals surface area contributed by atoms with Gasteiger partial charge in [-0.2, -0.15) is 0 Å². The summed E-state index contributed by atoms with van der Waals surface area (Å²) in [5.41, 5.74) is -0.195. The molecule has 11 heteroatoms. The van der Waals surface area contributed by atoms with Crippen molar-refractivity contribution < 1.29 is 33.5 Å². The third-order valence-electron chi connectivity index (χ3n) is 4.84. The third-order valence-corrected chi connectivity index (χ3v) is 5.07. The number of hydrogen-bond donors (Lipinski definition) is 0. The lowest BCUT2D eigenvalue weighted by molar-refractivity contribution is -0.385. The molecule has 1 saturated heterocycles. The Hall–Kier alpha value is -3.37. The van der Waals surface area contributed by atoms with Crippen molar-refractivity contribution in [3.05, 3.63) is 57.1 Å². The first-order valence-electron chi connectivity index (χ1n) is 10.1. The van der Waals surface area contributed by atoms with Crippen LogP contribution in [0.4, 0.5) is 5.69 Å². The molecule has 0 radical (unpaired) electrons. The van der Waals surface area contributed by atoms with Gasteiger partial charge in [-0.05, 0) is 44.2 Å². The summed E-state index contributed by atoms with van der Waals surface area (Å²) >= 11 is 5.82. The van der Waals surface area contributed by atoms with Gasteiger partial charge in [-0.3, -0.25) is 14.9 Å². The lowest BCUT2D eigenvalue weighted by atomic mass is 10.2. The third kappa shape index (κ3) is 6.11. The first-order valence-corrected chi connectivity index (χ1v) is 10.5. The second-order valence-electron chi connectivity index (χ2n) is 7.47. The molecular formula is C22H23ClN2O8. The van der Waals surface area contributed by atoms with Gasteiger partial charge in [0.15, 0.2) is 18.1 Å². The zero-order valence-corrected chi connectivity index (χ0v) is 19.0. The molecule has 1 fully saturated rings. The van der Waals surface area contributed by atoms with Crippen LogP contribution < -0.4 is 9.47 Å². The number of nitro benzene ring substituents is 1. The van der Waals surface area contributed by atoms with Crippen molar-refractivity contribution >= 4 is 29.2 Å². The van der Waals surface area contributed by atoms with E-state index in [2.05, 4.69) is 0 Å². The van der Waals surface area contributed by atoms with Gasteiger partial charge in [0.2, 0.25) is 5.75 Å². The zero-order valence-electron chi connectivity index (χ0n) is 18.3. The summed E-state index contributed by atoms with van der Waals surface area (Å²) in [6.07, 6.45) is -0.191. The molecule has 0 aliphatic carbocycles. The molecule has 1 heterocycles. The lowest BCUT2D eigenvalue weighted by Crippen LogP contribution is -2.49. The van der Waals surface area contributed by atoms with Crippen LogP contribution in [0.5, 0.6) is 17.2 Å². The normalized spacial score (nSPS) is 17.9. The van der Waals surface area contributed by atoms with Gasteiger partial charge in [0.25, 0.3) is 5.91 Å². The van der Waals surface area contributed by atoms with E-state index in [0.29, 0.717) is 13.1 Å². The Bertz CT molecular complexity index is 1050. The molecule has 176 valence electrons. The minimum atomic E-state index is -0.722. The van der Waals surface area contributed by atoms with Gasteiger partial charge in [-0.25, -0.2) is 4.79 Å². The topological polar surface area (TPSA) is 117 Å². The van der Waals surface area contributed by atoms with E-state index in [4.69, 9.17) is 30.5 Å². The molecule has 0 aromatic heterocycles. The van der Waals surface area contributed by atoms with Crippen LogP contribution in [-0.2, 0) is 14.3 Å². The average molecular weight is 479 g/mol. The first kappa shape index (κ1) is 24.3. The van der Waals surface area contributed by atoms with Gasteiger partial charge in [0.05, 0.1) is 29.8 Å². The van der Waals surface area contributed by atoms with Crippen molar-refractivity contribution in [2.24, 2.45) is 0 Å². The second kappa shape index (κ2) is 10.5. The number of amides is 1. The molecular weight excluding hydrogens is 456 g/mol. The minimum absolute atomic E-state index is 0.0439. The van der Waals surface area contributed by atoms with Crippen LogP contribution in [0.15, 0.2) is 36.4 Å². The highest BCUT2D eigenvalue weighted by molar-refractivity contribution is 6.30. The molecule has 0 spiro atoms. The number of benzene rings is 2. The number of halogens is 1. The maximum absolute atomic E-state index is 12.5. The van der Waals surface area contributed by atoms with Crippen LogP contribution in [0.2, 0.25) is 5.02 Å². The molecule has 2 aromatic carbocycles. The van der Waals surface area contributed by atoms with Crippen LogP contribution in [0.3, 0.4) is 0 Å². The number of esters is 1. The molecule has 33 heavy (non-hydrogen) atoms. The van der Waals surface area contributed by atoms with E-state index in [-0.39, 0.29) is 51.6 Å². The summed E-state index contributed by atoms with van der Waals surface area (Å²) in [7, 11) is 1.36. The molecule has 0 bridgehead atoms. The molecule has 0 saturated carbocycles. The fourth-order valence-electron chi connectivity index (χ4n) is 3.40. The number of methoxy groups -OCH3 is 1. The van der Waals surface area contributed by atoms with Crippen molar-refractivity contribution in [1.29, 1.82) is 0 Å². The van der Waals surface area contributed by atoms with Crippen molar-refractivity contribution in [1.82, 2.24) is 4.90 Å². The van der Waals surface area contributed by atoms with Crippen molar-refractivity contribution in [3.8, 4) is 17.2 Å². The van der Waals surface area contributed by atoms with Crippen LogP contribution in [0.1, 0.15) is 24.2 Å². The maximum atomic E-state index is 12.5. The Morgan fingerprint density at radius 1 is 1.12 bits per heavy atom. The summed E-state index contributed by atoms with van der Waals surface area (Å²) < 4.78 is 21.6. The Labute approximate surface area is 195 Å². The Kier molecular flexibility index (Phi) is 7.72. The summed E-state index contributed by atoms with van der Waals surface area (Å²) in [4.78, 5) is 37.1. The van der Waals surface area contributed by atoms with Gasteiger partial charge < -0.3 is 23.8 Å². The fourth-order valence-corrected chi connectivity index (χ4v) is 3.57. The summed E-state index contributed by atoms with van der Waals surface area (Å²) in [6.45, 7) is 4.19. The average Bonchev–Trinajstić information content (AvgIpc) is 2.77. The smallest absolute Gasteiger partial charge is 0.338 e. The van der Waals surface area contributed by atoms with E-state index in [9.17, 15) is 19.7 Å². The number of carbonyl (C=O) groups is 2. The SMILES string of the molecule is COc1cc(C(=O)OCC(=O)N2C[C@@H](C)O[C@H](C)C2)ccc1Oc1ccc(Cl)cc1[N+](=O)[O-]. The molecule has 0 N–H and O–H groups in total. The van der Waals surface area contributed by atoms with E-state index in [1.54, 1.807) is 4.90 Å². The first-order chi connectivity index (χ1) is 15.7. The Morgan fingerprint density at radius 3 is 2.42 bits per heavy atom. The quantitative estimate of drug-likeness (QED) is 0.334. The van der Waals surface area contributed by atoms with Crippen LogP contribution in [0, 0.1) is 10.1 Å². The van der Waals surface area contributed by atoms with Gasteiger partial charge in [-0.15, -0.1) is 0 Å². The monoisotopic (exact) mass is 478 g/mol. The van der Waals surface area contributed by atoms with Crippen LogP contribution >= 0.6 is 11.6 Å². The lowest BCUT2D eigenvalue weighted by Gasteiger charge is -2.35. The molecule has 2 atom stereocenters. The highest BCUT2D eigenvalue weighted by Gasteiger charge is 2.27. The van der Waals surface area contributed by atoms with E-state index in [0.717, 1.165) is 0 Å². The standard InChI is InChI=1S/C22H23ClN2O8/c1-13-10-24(11-14(2)32-13)21(26)12-31-22(27)15-4-6-19(20(8-15)30-3)33-18-7-5-16(23)9-17(18)25(28)29/h4-9,13-14H,10-12H2,1-3H3/t13-,14-/m1/s1. The largest absolute Gasteiger partial charge is 0.493 e. The van der Waals surface area contributed by atoms with E-state index in [1.807, 2.05) is 13.8 Å². The molecule has 1 aliphatic rings. The minimum Gasteiger partial charge on any atom is -0.493 e. The number of ether oxygens (including phenoxy) is 4. The summed E-state index contributed by atoms with van der Waals surface area (Å²) in [5, 5.41) is 11.5. The maximum Gasteiger partial charge on any atom is 0.338 e. The molecule has 3 rings (SSSR count). The van der Waals surface area contributed by atoms with Gasteiger partial charge in [-0.1, -0.05) is 11.6 Å². The van der Waals surface area contributed by atoms with Gasteiger partial charge in [0, 0.05) is 24.2 Å². The predicted octanol–water partition coefficient (Wildman–Crippen LogP) is 3.84. The molecule has 1 aliphatic heterocycles. The fraction of sp³-hybridized carbons (Fsp3) is 0.364. The van der Waals surface area contributed by atoms with E-state index < -0.39 is 17.5 Å². The second-order valence-corrected chi connectivity index (χ2v) is 7.91. The number of nitro groups is 1. The highest BCUT2D eigenvalue weighted by atomic mass is 35.5. The van der Waals surface area contributed by atoms with E-state index in [1.165, 1.54) is 43.5 Å².